The van der Waals surface area contributed by atoms with Crippen LogP contribution in [0.15, 0.2) is 66.7 Å². The van der Waals surface area contributed by atoms with E-state index < -0.39 is 12.1 Å². The number of ether oxygens (including phenoxy) is 2. The summed E-state index contributed by atoms with van der Waals surface area (Å²) in [6.07, 6.45) is -0.551. The molecule has 0 bridgehead atoms. The molecule has 0 spiro atoms. The van der Waals surface area contributed by atoms with E-state index in [1.807, 2.05) is 24.3 Å². The number of hydrogen-bond acceptors (Lipinski definition) is 4. The Labute approximate surface area is 174 Å². The number of alkyl carbamates (subject to hydrolysis) is 1. The summed E-state index contributed by atoms with van der Waals surface area (Å²) in [5.41, 5.74) is 5.31. The molecule has 0 unspecified atom stereocenters. The van der Waals surface area contributed by atoms with Gasteiger partial charge in [0.2, 0.25) is 0 Å². The van der Waals surface area contributed by atoms with E-state index in [4.69, 9.17) is 9.47 Å². The van der Waals surface area contributed by atoms with E-state index in [9.17, 15) is 14.7 Å². The molecule has 1 amide bonds. The number of aromatic carboxylic acids is 1. The number of rotatable bonds is 6. The van der Waals surface area contributed by atoms with E-state index >= 15 is 0 Å². The molecule has 0 atom stereocenters. The van der Waals surface area contributed by atoms with Gasteiger partial charge in [0.1, 0.15) is 17.9 Å². The lowest BCUT2D eigenvalue weighted by Gasteiger charge is -2.15. The number of carbonyl (C=O) groups is 2. The van der Waals surface area contributed by atoms with Crippen LogP contribution in [0, 0.1) is 0 Å². The van der Waals surface area contributed by atoms with E-state index in [-0.39, 0.29) is 30.4 Å². The standard InChI is InChI=1S/C24H21NO5/c1-29-22-11-10-15(12-20(22)23(26)27)13-25-24(28)30-14-21-18-8-4-2-6-16(18)17-7-3-5-9-19(17)21/h2-12,21H,13-14H2,1H3,(H,25,28)(H,26,27). The molecule has 6 heteroatoms. The van der Waals surface area contributed by atoms with Crippen molar-refractivity contribution >= 4 is 12.1 Å². The molecule has 6 nitrogen and oxygen atoms in total. The van der Waals surface area contributed by atoms with Crippen molar-refractivity contribution in [3.8, 4) is 16.9 Å². The molecule has 1 aliphatic carbocycles. The molecule has 152 valence electrons. The van der Waals surface area contributed by atoms with E-state index in [0.717, 1.165) is 11.1 Å². The highest BCUT2D eigenvalue weighted by molar-refractivity contribution is 5.91. The Morgan fingerprint density at radius 3 is 2.20 bits per heavy atom. The number of carboxylic acid groups (broad SMARTS) is 1. The van der Waals surface area contributed by atoms with Crippen LogP contribution in [0.2, 0.25) is 0 Å². The number of amides is 1. The summed E-state index contributed by atoms with van der Waals surface area (Å²) in [5, 5.41) is 12.0. The Kier molecular flexibility index (Phi) is 5.39. The molecule has 0 saturated heterocycles. The maximum Gasteiger partial charge on any atom is 0.407 e. The molecule has 0 saturated carbocycles. The topological polar surface area (TPSA) is 84.9 Å². The van der Waals surface area contributed by atoms with Crippen LogP contribution in [0.25, 0.3) is 11.1 Å². The maximum atomic E-state index is 12.3. The normalized spacial score (nSPS) is 12.0. The molecular weight excluding hydrogens is 382 g/mol. The molecule has 1 aliphatic rings. The number of fused-ring (bicyclic) bond motifs is 3. The van der Waals surface area contributed by atoms with Crippen molar-refractivity contribution < 1.29 is 24.2 Å². The van der Waals surface area contributed by atoms with Crippen molar-refractivity contribution in [3.05, 3.63) is 89.0 Å². The van der Waals surface area contributed by atoms with Gasteiger partial charge in [-0.3, -0.25) is 0 Å². The minimum atomic E-state index is -1.09. The van der Waals surface area contributed by atoms with Gasteiger partial charge in [-0.25, -0.2) is 9.59 Å². The fraction of sp³-hybridized carbons (Fsp3) is 0.167. The molecule has 0 fully saturated rings. The zero-order valence-corrected chi connectivity index (χ0v) is 16.4. The van der Waals surface area contributed by atoms with Crippen molar-refractivity contribution in [2.45, 2.75) is 12.5 Å². The third kappa shape index (κ3) is 3.72. The van der Waals surface area contributed by atoms with Gasteiger partial charge in [0, 0.05) is 12.5 Å². The van der Waals surface area contributed by atoms with Gasteiger partial charge in [-0.1, -0.05) is 54.6 Å². The molecular formula is C24H21NO5. The van der Waals surface area contributed by atoms with Gasteiger partial charge in [-0.15, -0.1) is 0 Å². The first-order valence-electron chi connectivity index (χ1n) is 9.57. The third-order valence-corrected chi connectivity index (χ3v) is 5.27. The monoisotopic (exact) mass is 403 g/mol. The van der Waals surface area contributed by atoms with Crippen LogP contribution in [0.1, 0.15) is 33.0 Å². The lowest BCUT2D eigenvalue weighted by atomic mass is 9.98. The van der Waals surface area contributed by atoms with Crippen LogP contribution in [-0.4, -0.2) is 30.9 Å². The van der Waals surface area contributed by atoms with Gasteiger partial charge in [0.05, 0.1) is 7.11 Å². The predicted molar refractivity (Wildman–Crippen MR) is 112 cm³/mol. The fourth-order valence-electron chi connectivity index (χ4n) is 3.86. The molecule has 0 radical (unpaired) electrons. The SMILES string of the molecule is COc1ccc(CNC(=O)OCC2c3ccccc3-c3ccccc32)cc1C(=O)O. The molecule has 4 rings (SSSR count). The molecule has 0 aromatic heterocycles. The summed E-state index contributed by atoms with van der Waals surface area (Å²) in [7, 11) is 1.41. The zero-order valence-electron chi connectivity index (χ0n) is 16.4. The van der Waals surface area contributed by atoms with Crippen molar-refractivity contribution in [2.75, 3.05) is 13.7 Å². The smallest absolute Gasteiger partial charge is 0.407 e. The number of hydrogen-bond donors (Lipinski definition) is 2. The summed E-state index contributed by atoms with van der Waals surface area (Å²) in [6, 6.07) is 21.0. The first-order chi connectivity index (χ1) is 14.6. The van der Waals surface area contributed by atoms with Crippen LogP contribution in [0.5, 0.6) is 5.75 Å². The van der Waals surface area contributed by atoms with Crippen LogP contribution in [-0.2, 0) is 11.3 Å². The highest BCUT2D eigenvalue weighted by Crippen LogP contribution is 2.44. The highest BCUT2D eigenvalue weighted by atomic mass is 16.5. The Bertz CT molecular complexity index is 1060. The van der Waals surface area contributed by atoms with Gasteiger partial charge in [-0.05, 0) is 39.9 Å². The largest absolute Gasteiger partial charge is 0.496 e. The first kappa shape index (κ1) is 19.5. The second-order valence-electron chi connectivity index (χ2n) is 7.02. The number of carbonyl (C=O) groups excluding carboxylic acids is 1. The van der Waals surface area contributed by atoms with E-state index in [0.29, 0.717) is 5.56 Å². The molecule has 3 aromatic rings. The lowest BCUT2D eigenvalue weighted by Crippen LogP contribution is -2.25. The maximum absolute atomic E-state index is 12.3. The van der Waals surface area contributed by atoms with Crippen molar-refractivity contribution in [2.24, 2.45) is 0 Å². The minimum Gasteiger partial charge on any atom is -0.496 e. The minimum absolute atomic E-state index is 0.0113. The van der Waals surface area contributed by atoms with E-state index in [2.05, 4.69) is 29.6 Å². The molecule has 0 heterocycles. The number of carboxylic acids is 1. The fourth-order valence-corrected chi connectivity index (χ4v) is 3.86. The van der Waals surface area contributed by atoms with Gasteiger partial charge in [0.15, 0.2) is 0 Å². The molecule has 0 aliphatic heterocycles. The van der Waals surface area contributed by atoms with Crippen molar-refractivity contribution in [1.82, 2.24) is 5.32 Å². The zero-order chi connectivity index (χ0) is 21.1. The van der Waals surface area contributed by atoms with Crippen LogP contribution < -0.4 is 10.1 Å². The highest BCUT2D eigenvalue weighted by Gasteiger charge is 2.28. The molecule has 3 aromatic carbocycles. The Hall–Kier alpha value is -3.80. The Morgan fingerprint density at radius 1 is 0.967 bits per heavy atom. The third-order valence-electron chi connectivity index (χ3n) is 5.27. The second-order valence-corrected chi connectivity index (χ2v) is 7.02. The summed E-state index contributed by atoms with van der Waals surface area (Å²) in [5.74, 6) is -0.829. The molecule has 2 N–H and O–H groups in total. The summed E-state index contributed by atoms with van der Waals surface area (Å²) in [6.45, 7) is 0.379. The van der Waals surface area contributed by atoms with Crippen LogP contribution in [0.4, 0.5) is 4.79 Å². The summed E-state index contributed by atoms with van der Waals surface area (Å²) < 4.78 is 10.5. The first-order valence-corrected chi connectivity index (χ1v) is 9.57. The number of benzene rings is 3. The van der Waals surface area contributed by atoms with Gasteiger partial charge in [-0.2, -0.15) is 0 Å². The van der Waals surface area contributed by atoms with Crippen molar-refractivity contribution in [1.29, 1.82) is 0 Å². The van der Waals surface area contributed by atoms with E-state index in [1.165, 1.54) is 24.3 Å². The quantitative estimate of drug-likeness (QED) is 0.636. The average Bonchev–Trinajstić information content (AvgIpc) is 3.10. The predicted octanol–water partition coefficient (Wildman–Crippen LogP) is 4.43. The number of nitrogens with one attached hydrogen (secondary N) is 1. The van der Waals surface area contributed by atoms with E-state index in [1.54, 1.807) is 12.1 Å². The number of methoxy groups -OCH3 is 1. The lowest BCUT2D eigenvalue weighted by molar-refractivity contribution is 0.0693. The Balaban J connectivity index is 1.40. The van der Waals surface area contributed by atoms with Gasteiger partial charge >= 0.3 is 12.1 Å². The molecule has 30 heavy (non-hydrogen) atoms. The second kappa shape index (κ2) is 8.29. The van der Waals surface area contributed by atoms with Crippen molar-refractivity contribution in [3.63, 3.8) is 0 Å². The Morgan fingerprint density at radius 2 is 1.60 bits per heavy atom. The van der Waals surface area contributed by atoms with Crippen LogP contribution >= 0.6 is 0 Å². The van der Waals surface area contributed by atoms with Crippen LogP contribution in [0.3, 0.4) is 0 Å². The summed E-state index contributed by atoms with van der Waals surface area (Å²) in [4.78, 5) is 23.6. The average molecular weight is 403 g/mol. The van der Waals surface area contributed by atoms with Gasteiger partial charge in [0.25, 0.3) is 0 Å². The summed E-state index contributed by atoms with van der Waals surface area (Å²) >= 11 is 0. The van der Waals surface area contributed by atoms with Gasteiger partial charge < -0.3 is 19.9 Å².